The van der Waals surface area contributed by atoms with E-state index in [-0.39, 0.29) is 12.5 Å². The second-order valence-corrected chi connectivity index (χ2v) is 3.87. The van der Waals surface area contributed by atoms with Crippen molar-refractivity contribution in [2.24, 2.45) is 0 Å². The molecule has 1 N–H and O–H groups in total. The molecule has 0 fully saturated rings. The fourth-order valence-corrected chi connectivity index (χ4v) is 1.42. The Morgan fingerprint density at radius 1 is 1.06 bits per heavy atom. The number of carbonyl (C=O) groups excluding carboxylic acids is 1. The highest BCUT2D eigenvalue weighted by Gasteiger charge is 2.00. The number of hydrogen-bond donors (Lipinski definition) is 1. The van der Waals surface area contributed by atoms with E-state index in [1.165, 1.54) is 0 Å². The Morgan fingerprint density at radius 2 is 1.67 bits per heavy atom. The second kappa shape index (κ2) is 8.66. The van der Waals surface area contributed by atoms with Crippen molar-refractivity contribution in [3.63, 3.8) is 0 Å². The molecule has 1 aromatic rings. The summed E-state index contributed by atoms with van der Waals surface area (Å²) >= 11 is 0. The monoisotopic (exact) mass is 251 g/mol. The van der Waals surface area contributed by atoms with Gasteiger partial charge in [0.2, 0.25) is 5.91 Å². The maximum Gasteiger partial charge on any atom is 0.246 e. The number of amides is 1. The summed E-state index contributed by atoms with van der Waals surface area (Å²) in [4.78, 5) is 11.3. The van der Waals surface area contributed by atoms with E-state index >= 15 is 0 Å². The van der Waals surface area contributed by atoms with E-state index in [1.54, 1.807) is 0 Å². The number of ether oxygens (including phenoxy) is 2. The van der Waals surface area contributed by atoms with Crippen LogP contribution in [0.3, 0.4) is 0 Å². The molecule has 0 unspecified atom stereocenters. The highest BCUT2D eigenvalue weighted by Crippen LogP contribution is 2.05. The lowest BCUT2D eigenvalue weighted by molar-refractivity contribution is -0.125. The molecule has 18 heavy (non-hydrogen) atoms. The zero-order chi connectivity index (χ0) is 13.2. The van der Waals surface area contributed by atoms with Gasteiger partial charge in [0, 0.05) is 19.8 Å². The quantitative estimate of drug-likeness (QED) is 0.767. The molecule has 0 bridgehead atoms. The third-order valence-corrected chi connectivity index (χ3v) is 2.42. The van der Waals surface area contributed by atoms with Gasteiger partial charge in [0.25, 0.3) is 0 Å². The van der Waals surface area contributed by atoms with Crippen molar-refractivity contribution in [1.29, 1.82) is 0 Å². The van der Waals surface area contributed by atoms with Crippen LogP contribution in [-0.4, -0.2) is 25.7 Å². The first-order valence-corrected chi connectivity index (χ1v) is 6.26. The predicted molar refractivity (Wildman–Crippen MR) is 70.1 cm³/mol. The minimum Gasteiger partial charge on any atom is -0.377 e. The zero-order valence-electron chi connectivity index (χ0n) is 11.1. The average molecular weight is 251 g/mol. The third kappa shape index (κ3) is 5.80. The fourth-order valence-electron chi connectivity index (χ4n) is 1.42. The molecular formula is C14H21NO3. The second-order valence-electron chi connectivity index (χ2n) is 3.87. The van der Waals surface area contributed by atoms with E-state index in [0.29, 0.717) is 19.8 Å². The van der Waals surface area contributed by atoms with Crippen LogP contribution in [0.2, 0.25) is 0 Å². The van der Waals surface area contributed by atoms with E-state index in [0.717, 1.165) is 17.7 Å². The molecule has 0 aliphatic rings. The standard InChI is InChI=1S/C14H21NO3/c1-3-17-10-13-7-5-12(6-8-13)9-15-14(16)11-18-4-2/h5-8H,3-4,9-11H2,1-2H3,(H,15,16). The smallest absolute Gasteiger partial charge is 0.246 e. The molecule has 100 valence electrons. The molecule has 0 heterocycles. The van der Waals surface area contributed by atoms with Crippen LogP contribution in [-0.2, 0) is 27.4 Å². The van der Waals surface area contributed by atoms with Gasteiger partial charge in [0.15, 0.2) is 0 Å². The Kier molecular flexibility index (Phi) is 7.06. The van der Waals surface area contributed by atoms with Gasteiger partial charge in [-0.25, -0.2) is 0 Å². The molecule has 0 saturated carbocycles. The van der Waals surface area contributed by atoms with Crippen LogP contribution in [0, 0.1) is 0 Å². The molecule has 0 spiro atoms. The van der Waals surface area contributed by atoms with Gasteiger partial charge in [-0.15, -0.1) is 0 Å². The lowest BCUT2D eigenvalue weighted by Crippen LogP contribution is -2.27. The Hall–Kier alpha value is -1.39. The van der Waals surface area contributed by atoms with Crippen molar-refractivity contribution in [1.82, 2.24) is 5.32 Å². The van der Waals surface area contributed by atoms with Crippen LogP contribution in [0.5, 0.6) is 0 Å². The van der Waals surface area contributed by atoms with Gasteiger partial charge in [0.05, 0.1) is 6.61 Å². The van der Waals surface area contributed by atoms with Gasteiger partial charge in [-0.1, -0.05) is 24.3 Å². The van der Waals surface area contributed by atoms with Crippen LogP contribution in [0.1, 0.15) is 25.0 Å². The van der Waals surface area contributed by atoms with Crippen molar-refractivity contribution >= 4 is 5.91 Å². The van der Waals surface area contributed by atoms with Crippen LogP contribution in [0.15, 0.2) is 24.3 Å². The van der Waals surface area contributed by atoms with Gasteiger partial charge in [-0.2, -0.15) is 0 Å². The molecule has 1 amide bonds. The predicted octanol–water partition coefficient (Wildman–Crippen LogP) is 1.88. The minimum atomic E-state index is -0.0877. The van der Waals surface area contributed by atoms with Gasteiger partial charge in [-0.3, -0.25) is 4.79 Å². The van der Waals surface area contributed by atoms with Gasteiger partial charge >= 0.3 is 0 Å². The fraction of sp³-hybridized carbons (Fsp3) is 0.500. The summed E-state index contributed by atoms with van der Waals surface area (Å²) in [6, 6.07) is 8.02. The number of rotatable bonds is 8. The van der Waals surface area contributed by atoms with Crippen molar-refractivity contribution in [3.8, 4) is 0 Å². The molecule has 1 aromatic carbocycles. The summed E-state index contributed by atoms with van der Waals surface area (Å²) < 4.78 is 10.3. The highest BCUT2D eigenvalue weighted by molar-refractivity contribution is 5.77. The maximum atomic E-state index is 11.3. The summed E-state index contributed by atoms with van der Waals surface area (Å²) in [5, 5.41) is 2.80. The summed E-state index contributed by atoms with van der Waals surface area (Å²) in [6.45, 7) is 6.40. The number of carbonyl (C=O) groups is 1. The van der Waals surface area contributed by atoms with Crippen LogP contribution >= 0.6 is 0 Å². The number of benzene rings is 1. The van der Waals surface area contributed by atoms with Gasteiger partial charge in [0.1, 0.15) is 6.61 Å². The van der Waals surface area contributed by atoms with Crippen LogP contribution in [0.25, 0.3) is 0 Å². The minimum absolute atomic E-state index is 0.0877. The van der Waals surface area contributed by atoms with E-state index in [2.05, 4.69) is 5.32 Å². The molecule has 0 radical (unpaired) electrons. The molecule has 0 aliphatic heterocycles. The molecule has 0 saturated heterocycles. The summed E-state index contributed by atoms with van der Waals surface area (Å²) in [6.07, 6.45) is 0. The first-order valence-electron chi connectivity index (χ1n) is 6.26. The Morgan fingerprint density at radius 3 is 2.28 bits per heavy atom. The number of hydrogen-bond acceptors (Lipinski definition) is 3. The average Bonchev–Trinajstić information content (AvgIpc) is 2.41. The zero-order valence-corrected chi connectivity index (χ0v) is 11.1. The SMILES string of the molecule is CCOCC(=O)NCc1ccc(COCC)cc1. The van der Waals surface area contributed by atoms with E-state index in [1.807, 2.05) is 38.1 Å². The summed E-state index contributed by atoms with van der Waals surface area (Å²) in [7, 11) is 0. The largest absolute Gasteiger partial charge is 0.377 e. The van der Waals surface area contributed by atoms with E-state index in [9.17, 15) is 4.79 Å². The molecule has 4 heteroatoms. The molecule has 1 rings (SSSR count). The van der Waals surface area contributed by atoms with Crippen LogP contribution in [0.4, 0.5) is 0 Å². The molecule has 0 atom stereocenters. The summed E-state index contributed by atoms with van der Waals surface area (Å²) in [5.74, 6) is -0.0877. The van der Waals surface area contributed by atoms with Crippen molar-refractivity contribution < 1.29 is 14.3 Å². The third-order valence-electron chi connectivity index (χ3n) is 2.42. The highest BCUT2D eigenvalue weighted by atomic mass is 16.5. The van der Waals surface area contributed by atoms with Crippen molar-refractivity contribution in [2.75, 3.05) is 19.8 Å². The van der Waals surface area contributed by atoms with E-state index < -0.39 is 0 Å². The first kappa shape index (κ1) is 14.7. The van der Waals surface area contributed by atoms with Crippen molar-refractivity contribution in [3.05, 3.63) is 35.4 Å². The van der Waals surface area contributed by atoms with Gasteiger partial charge < -0.3 is 14.8 Å². The molecular weight excluding hydrogens is 230 g/mol. The Bertz CT molecular complexity index is 349. The van der Waals surface area contributed by atoms with Gasteiger partial charge in [-0.05, 0) is 25.0 Å². The molecule has 0 aliphatic carbocycles. The number of nitrogens with one attached hydrogen (secondary N) is 1. The first-order chi connectivity index (χ1) is 8.76. The Labute approximate surface area is 108 Å². The lowest BCUT2D eigenvalue weighted by Gasteiger charge is -2.06. The van der Waals surface area contributed by atoms with E-state index in [4.69, 9.17) is 9.47 Å². The maximum absolute atomic E-state index is 11.3. The normalized spacial score (nSPS) is 10.3. The molecule has 4 nitrogen and oxygen atoms in total. The lowest BCUT2D eigenvalue weighted by atomic mass is 10.1. The Balaban J connectivity index is 2.32. The van der Waals surface area contributed by atoms with Crippen LogP contribution < -0.4 is 5.32 Å². The van der Waals surface area contributed by atoms with Crippen molar-refractivity contribution in [2.45, 2.75) is 27.0 Å². The summed E-state index contributed by atoms with van der Waals surface area (Å²) in [5.41, 5.74) is 2.21. The topological polar surface area (TPSA) is 47.6 Å². The molecule has 0 aromatic heterocycles.